The summed E-state index contributed by atoms with van der Waals surface area (Å²) in [6.07, 6.45) is 2.14. The van der Waals surface area contributed by atoms with Crippen molar-refractivity contribution in [3.8, 4) is 0 Å². The van der Waals surface area contributed by atoms with Gasteiger partial charge in [0.15, 0.2) is 0 Å². The normalized spacial score (nSPS) is 11.4. The molecule has 2 aromatic carbocycles. The van der Waals surface area contributed by atoms with Crippen LogP contribution in [-0.4, -0.2) is 4.57 Å². The summed E-state index contributed by atoms with van der Waals surface area (Å²) in [6.45, 7) is 0.900. The Morgan fingerprint density at radius 2 is 1.95 bits per heavy atom. The minimum Gasteiger partial charge on any atom is -0.399 e. The molecular weight excluding hydrogens is 264 g/mol. The van der Waals surface area contributed by atoms with Gasteiger partial charge in [-0.2, -0.15) is 0 Å². The van der Waals surface area contributed by atoms with Crippen molar-refractivity contribution in [3.05, 3.63) is 65.7 Å². The predicted octanol–water partition coefficient (Wildman–Crippen LogP) is 4.49. The van der Waals surface area contributed by atoms with Crippen molar-refractivity contribution in [1.82, 2.24) is 4.57 Å². The molecule has 0 aliphatic rings. The number of benzene rings is 2. The fraction of sp³-hybridized carbons (Fsp3) is 0.0588. The Kier molecular flexibility index (Phi) is 2.54. The molecule has 0 radical (unpaired) electrons. The molecule has 0 spiro atoms. The van der Waals surface area contributed by atoms with Gasteiger partial charge in [-0.15, -0.1) is 11.3 Å². The Hall–Kier alpha value is -2.26. The average molecular weight is 278 g/mol. The van der Waals surface area contributed by atoms with E-state index in [-0.39, 0.29) is 0 Å². The number of rotatable bonds is 2. The number of nitrogens with two attached hydrogens (primary N) is 1. The molecule has 2 nitrogen and oxygen atoms in total. The van der Waals surface area contributed by atoms with Crippen LogP contribution in [0.1, 0.15) is 5.56 Å². The first-order valence-electron chi connectivity index (χ1n) is 6.61. The molecule has 2 N–H and O–H groups in total. The molecule has 98 valence electrons. The molecule has 0 aliphatic heterocycles. The van der Waals surface area contributed by atoms with Crippen LogP contribution in [-0.2, 0) is 6.54 Å². The lowest BCUT2D eigenvalue weighted by Gasteiger charge is -2.05. The maximum absolute atomic E-state index is 5.84. The quantitative estimate of drug-likeness (QED) is 0.538. The topological polar surface area (TPSA) is 30.9 Å². The van der Waals surface area contributed by atoms with Gasteiger partial charge in [-0.05, 0) is 46.7 Å². The molecule has 4 rings (SSSR count). The van der Waals surface area contributed by atoms with E-state index in [4.69, 9.17) is 5.73 Å². The van der Waals surface area contributed by atoms with Crippen LogP contribution in [0.4, 0.5) is 5.69 Å². The van der Waals surface area contributed by atoms with Crippen LogP contribution >= 0.6 is 11.3 Å². The van der Waals surface area contributed by atoms with Crippen LogP contribution in [0.15, 0.2) is 60.1 Å². The highest BCUT2D eigenvalue weighted by atomic mass is 32.1. The summed E-state index contributed by atoms with van der Waals surface area (Å²) in [5.41, 5.74) is 9.26. The highest BCUT2D eigenvalue weighted by Crippen LogP contribution is 2.27. The molecule has 2 aromatic heterocycles. The van der Waals surface area contributed by atoms with Gasteiger partial charge in [0.25, 0.3) is 0 Å². The summed E-state index contributed by atoms with van der Waals surface area (Å²) >= 11 is 1.81. The second-order valence-corrected chi connectivity index (χ2v) is 5.93. The zero-order valence-corrected chi connectivity index (χ0v) is 11.7. The van der Waals surface area contributed by atoms with Gasteiger partial charge in [0, 0.05) is 34.0 Å². The number of hydrogen-bond acceptors (Lipinski definition) is 2. The third kappa shape index (κ3) is 1.79. The Morgan fingerprint density at radius 1 is 1.05 bits per heavy atom. The van der Waals surface area contributed by atoms with E-state index in [1.807, 2.05) is 23.5 Å². The fourth-order valence-electron chi connectivity index (χ4n) is 2.70. The van der Waals surface area contributed by atoms with Crippen LogP contribution in [0, 0.1) is 0 Å². The summed E-state index contributed by atoms with van der Waals surface area (Å²) < 4.78 is 3.63. The van der Waals surface area contributed by atoms with Crippen molar-refractivity contribution >= 4 is 38.0 Å². The van der Waals surface area contributed by atoms with Crippen LogP contribution in [0.3, 0.4) is 0 Å². The lowest BCUT2D eigenvalue weighted by Crippen LogP contribution is -1.96. The Balaban J connectivity index is 1.81. The molecule has 20 heavy (non-hydrogen) atoms. The number of hydrogen-bond donors (Lipinski definition) is 1. The predicted molar refractivity (Wildman–Crippen MR) is 87.3 cm³/mol. The van der Waals surface area contributed by atoms with Gasteiger partial charge in [-0.1, -0.05) is 18.2 Å². The van der Waals surface area contributed by atoms with E-state index in [2.05, 4.69) is 52.5 Å². The van der Waals surface area contributed by atoms with Crippen molar-refractivity contribution in [3.63, 3.8) is 0 Å². The van der Waals surface area contributed by atoms with E-state index in [1.54, 1.807) is 0 Å². The standard InChI is InChI=1S/C17H14N2S/c18-14-5-6-16-12(9-14)7-8-19(16)10-13-11-20-17-4-2-1-3-15(13)17/h1-9,11H,10,18H2. The molecule has 2 heterocycles. The summed E-state index contributed by atoms with van der Waals surface area (Å²) in [5.74, 6) is 0. The Labute approximate surface area is 121 Å². The van der Waals surface area contributed by atoms with Gasteiger partial charge in [0.1, 0.15) is 0 Å². The molecule has 4 aromatic rings. The van der Waals surface area contributed by atoms with Crippen molar-refractivity contribution in [2.45, 2.75) is 6.54 Å². The molecule has 0 bridgehead atoms. The molecule has 0 saturated heterocycles. The van der Waals surface area contributed by atoms with E-state index >= 15 is 0 Å². The SMILES string of the molecule is Nc1ccc2c(ccn2Cc2csc3ccccc23)c1. The number of thiophene rings is 1. The zero-order valence-electron chi connectivity index (χ0n) is 10.9. The smallest absolute Gasteiger partial charge is 0.0490 e. The third-order valence-electron chi connectivity index (χ3n) is 3.70. The molecule has 0 amide bonds. The molecular formula is C17H14N2S. The van der Waals surface area contributed by atoms with Crippen molar-refractivity contribution < 1.29 is 0 Å². The molecule has 0 saturated carbocycles. The molecule has 3 heteroatoms. The van der Waals surface area contributed by atoms with Crippen LogP contribution in [0.5, 0.6) is 0 Å². The Bertz CT molecular complexity index is 902. The van der Waals surface area contributed by atoms with Gasteiger partial charge < -0.3 is 10.3 Å². The summed E-state index contributed by atoms with van der Waals surface area (Å²) in [4.78, 5) is 0. The fourth-order valence-corrected chi connectivity index (χ4v) is 3.65. The van der Waals surface area contributed by atoms with Crippen molar-refractivity contribution in [1.29, 1.82) is 0 Å². The molecule has 0 unspecified atom stereocenters. The van der Waals surface area contributed by atoms with E-state index in [0.717, 1.165) is 12.2 Å². The van der Waals surface area contributed by atoms with E-state index in [9.17, 15) is 0 Å². The van der Waals surface area contributed by atoms with E-state index in [0.29, 0.717) is 0 Å². The third-order valence-corrected chi connectivity index (χ3v) is 4.71. The number of aromatic nitrogens is 1. The van der Waals surface area contributed by atoms with E-state index in [1.165, 1.54) is 26.6 Å². The minimum atomic E-state index is 0.816. The molecule has 0 aliphatic carbocycles. The van der Waals surface area contributed by atoms with Gasteiger partial charge in [-0.3, -0.25) is 0 Å². The van der Waals surface area contributed by atoms with Crippen molar-refractivity contribution in [2.75, 3.05) is 5.73 Å². The highest BCUT2D eigenvalue weighted by molar-refractivity contribution is 7.17. The minimum absolute atomic E-state index is 0.816. The maximum Gasteiger partial charge on any atom is 0.0490 e. The van der Waals surface area contributed by atoms with Crippen LogP contribution in [0.2, 0.25) is 0 Å². The van der Waals surface area contributed by atoms with Crippen molar-refractivity contribution in [2.24, 2.45) is 0 Å². The Morgan fingerprint density at radius 3 is 2.90 bits per heavy atom. The van der Waals surface area contributed by atoms with Gasteiger partial charge in [0.05, 0.1) is 0 Å². The zero-order chi connectivity index (χ0) is 13.5. The summed E-state index contributed by atoms with van der Waals surface area (Å²) in [7, 11) is 0. The monoisotopic (exact) mass is 278 g/mol. The first-order valence-corrected chi connectivity index (χ1v) is 7.49. The molecule has 0 fully saturated rings. The number of nitrogens with zero attached hydrogens (tertiary/aromatic N) is 1. The number of fused-ring (bicyclic) bond motifs is 2. The van der Waals surface area contributed by atoms with Gasteiger partial charge >= 0.3 is 0 Å². The summed E-state index contributed by atoms with van der Waals surface area (Å²) in [5, 5.41) is 4.81. The number of nitrogen functional groups attached to an aromatic ring is 1. The first-order chi connectivity index (χ1) is 9.81. The van der Waals surface area contributed by atoms with Gasteiger partial charge in [-0.25, -0.2) is 0 Å². The molecule has 0 atom stereocenters. The average Bonchev–Trinajstić information content (AvgIpc) is 3.04. The van der Waals surface area contributed by atoms with Crippen LogP contribution < -0.4 is 5.73 Å². The van der Waals surface area contributed by atoms with E-state index < -0.39 is 0 Å². The summed E-state index contributed by atoms with van der Waals surface area (Å²) in [6, 6.07) is 16.8. The van der Waals surface area contributed by atoms with Gasteiger partial charge in [0.2, 0.25) is 0 Å². The highest BCUT2D eigenvalue weighted by Gasteiger charge is 2.06. The lowest BCUT2D eigenvalue weighted by atomic mass is 10.2. The van der Waals surface area contributed by atoms with Crippen LogP contribution in [0.25, 0.3) is 21.0 Å². The second kappa shape index (κ2) is 4.39. The first kappa shape index (κ1) is 11.6. The number of anilines is 1. The maximum atomic E-state index is 5.84. The largest absolute Gasteiger partial charge is 0.399 e. The second-order valence-electron chi connectivity index (χ2n) is 5.02. The lowest BCUT2D eigenvalue weighted by molar-refractivity contribution is 0.846.